The van der Waals surface area contributed by atoms with Crippen LogP contribution in [0, 0.1) is 0 Å². The van der Waals surface area contributed by atoms with Gasteiger partial charge in [-0.3, -0.25) is 9.97 Å². The van der Waals surface area contributed by atoms with Crippen molar-refractivity contribution in [2.24, 2.45) is 0 Å². The summed E-state index contributed by atoms with van der Waals surface area (Å²) in [6.45, 7) is 0.574. The Morgan fingerprint density at radius 3 is 2.75 bits per heavy atom. The molecule has 2 N–H and O–H groups in total. The highest BCUT2D eigenvalue weighted by Crippen LogP contribution is 2.27. The molecule has 0 aliphatic carbocycles. The Labute approximate surface area is 117 Å². The number of pyridine rings is 2. The summed E-state index contributed by atoms with van der Waals surface area (Å²) in [6.07, 6.45) is 4.28. The first kappa shape index (κ1) is 12.4. The minimum atomic E-state index is 0.574. The lowest BCUT2D eigenvalue weighted by Crippen LogP contribution is -2.03. The van der Waals surface area contributed by atoms with Crippen LogP contribution in [0.3, 0.4) is 0 Å². The van der Waals surface area contributed by atoms with Crippen molar-refractivity contribution in [2.45, 2.75) is 6.42 Å². The average molecular weight is 265 g/mol. The lowest BCUT2D eigenvalue weighted by Gasteiger charge is -2.09. The molecule has 4 nitrogen and oxygen atoms in total. The van der Waals surface area contributed by atoms with Crippen molar-refractivity contribution >= 4 is 16.6 Å². The molecule has 0 amide bonds. The van der Waals surface area contributed by atoms with Crippen molar-refractivity contribution in [1.82, 2.24) is 9.97 Å². The monoisotopic (exact) mass is 265 g/mol. The predicted molar refractivity (Wildman–Crippen MR) is 79.6 cm³/mol. The summed E-state index contributed by atoms with van der Waals surface area (Å²) in [4.78, 5) is 8.56. The first-order valence-electron chi connectivity index (χ1n) is 6.50. The van der Waals surface area contributed by atoms with Gasteiger partial charge in [-0.1, -0.05) is 12.1 Å². The van der Waals surface area contributed by atoms with E-state index in [1.165, 1.54) is 0 Å². The zero-order valence-electron chi connectivity index (χ0n) is 11.0. The molecule has 0 atom stereocenters. The van der Waals surface area contributed by atoms with Gasteiger partial charge in [-0.05, 0) is 30.3 Å². The largest absolute Gasteiger partial charge is 0.492 e. The van der Waals surface area contributed by atoms with Gasteiger partial charge in [0.25, 0.3) is 0 Å². The van der Waals surface area contributed by atoms with E-state index in [1.807, 2.05) is 42.5 Å². The molecular weight excluding hydrogens is 250 g/mol. The number of nitrogens with zero attached hydrogens (tertiary/aromatic N) is 2. The Hall–Kier alpha value is -2.62. The summed E-state index contributed by atoms with van der Waals surface area (Å²) in [5.41, 5.74) is 8.38. The number of nitrogens with two attached hydrogens (primary N) is 1. The second-order valence-electron chi connectivity index (χ2n) is 4.47. The maximum absolute atomic E-state index is 5.92. The number of hydrogen-bond acceptors (Lipinski definition) is 4. The van der Waals surface area contributed by atoms with Crippen LogP contribution in [0.15, 0.2) is 54.9 Å². The molecule has 100 valence electrons. The second kappa shape index (κ2) is 5.57. The van der Waals surface area contributed by atoms with Crippen LogP contribution in [0.2, 0.25) is 0 Å². The third-order valence-electron chi connectivity index (χ3n) is 3.10. The van der Waals surface area contributed by atoms with Crippen molar-refractivity contribution in [3.05, 3.63) is 60.6 Å². The first-order chi connectivity index (χ1) is 9.84. The third-order valence-corrected chi connectivity index (χ3v) is 3.10. The summed E-state index contributed by atoms with van der Waals surface area (Å²) in [7, 11) is 0. The Balaban J connectivity index is 1.76. The molecule has 0 aliphatic rings. The highest BCUT2D eigenvalue weighted by molar-refractivity contribution is 5.93. The highest BCUT2D eigenvalue weighted by atomic mass is 16.5. The molecule has 0 aliphatic heterocycles. The van der Waals surface area contributed by atoms with E-state index in [0.717, 1.165) is 28.8 Å². The zero-order chi connectivity index (χ0) is 13.8. The molecule has 3 rings (SSSR count). The van der Waals surface area contributed by atoms with Gasteiger partial charge in [-0.2, -0.15) is 0 Å². The number of aromatic nitrogens is 2. The Morgan fingerprint density at radius 2 is 1.90 bits per heavy atom. The molecule has 2 aromatic heterocycles. The fourth-order valence-corrected chi connectivity index (χ4v) is 2.11. The number of rotatable bonds is 4. The zero-order valence-corrected chi connectivity index (χ0v) is 11.0. The van der Waals surface area contributed by atoms with Crippen LogP contribution >= 0.6 is 0 Å². The van der Waals surface area contributed by atoms with Gasteiger partial charge in [0.1, 0.15) is 5.75 Å². The minimum absolute atomic E-state index is 0.574. The molecule has 0 saturated heterocycles. The van der Waals surface area contributed by atoms with E-state index in [1.54, 1.807) is 12.4 Å². The molecule has 0 spiro atoms. The SMILES string of the molecule is Nc1cccc2c(OCCc3ccccn3)ccnc12. The number of nitrogen functional groups attached to an aromatic ring is 1. The summed E-state index contributed by atoms with van der Waals surface area (Å²) in [6, 6.07) is 13.5. The molecule has 0 saturated carbocycles. The van der Waals surface area contributed by atoms with Gasteiger partial charge in [-0.25, -0.2) is 0 Å². The summed E-state index contributed by atoms with van der Waals surface area (Å²) >= 11 is 0. The quantitative estimate of drug-likeness (QED) is 0.737. The molecule has 2 heterocycles. The molecule has 3 aromatic rings. The van der Waals surface area contributed by atoms with E-state index in [9.17, 15) is 0 Å². The first-order valence-corrected chi connectivity index (χ1v) is 6.50. The number of fused-ring (bicyclic) bond motifs is 1. The van der Waals surface area contributed by atoms with Gasteiger partial charge in [0.15, 0.2) is 0 Å². The molecule has 1 aromatic carbocycles. The van der Waals surface area contributed by atoms with E-state index in [0.29, 0.717) is 12.3 Å². The average Bonchev–Trinajstić information content (AvgIpc) is 2.49. The molecule has 0 fully saturated rings. The second-order valence-corrected chi connectivity index (χ2v) is 4.47. The van der Waals surface area contributed by atoms with Crippen LogP contribution in [0.5, 0.6) is 5.75 Å². The van der Waals surface area contributed by atoms with E-state index in [-0.39, 0.29) is 0 Å². The van der Waals surface area contributed by atoms with Gasteiger partial charge in [0, 0.05) is 29.9 Å². The van der Waals surface area contributed by atoms with Crippen molar-refractivity contribution in [3.8, 4) is 5.75 Å². The van der Waals surface area contributed by atoms with Gasteiger partial charge < -0.3 is 10.5 Å². The van der Waals surface area contributed by atoms with Crippen LogP contribution in [-0.4, -0.2) is 16.6 Å². The number of ether oxygens (including phenoxy) is 1. The van der Waals surface area contributed by atoms with Crippen molar-refractivity contribution in [1.29, 1.82) is 0 Å². The Kier molecular flexibility index (Phi) is 3.46. The van der Waals surface area contributed by atoms with Gasteiger partial charge in [0.05, 0.1) is 17.8 Å². The van der Waals surface area contributed by atoms with Crippen molar-refractivity contribution in [2.75, 3.05) is 12.3 Å². The summed E-state index contributed by atoms with van der Waals surface area (Å²) < 4.78 is 5.84. The fraction of sp³-hybridized carbons (Fsp3) is 0.125. The summed E-state index contributed by atoms with van der Waals surface area (Å²) in [5.74, 6) is 0.804. The molecule has 0 unspecified atom stereocenters. The van der Waals surface area contributed by atoms with Crippen LogP contribution in [0.1, 0.15) is 5.69 Å². The van der Waals surface area contributed by atoms with Crippen LogP contribution in [0.4, 0.5) is 5.69 Å². The number of anilines is 1. The van der Waals surface area contributed by atoms with E-state index >= 15 is 0 Å². The topological polar surface area (TPSA) is 61.0 Å². The fourth-order valence-electron chi connectivity index (χ4n) is 2.11. The van der Waals surface area contributed by atoms with Crippen LogP contribution in [-0.2, 0) is 6.42 Å². The maximum Gasteiger partial charge on any atom is 0.130 e. The van der Waals surface area contributed by atoms with E-state index in [2.05, 4.69) is 9.97 Å². The summed E-state index contributed by atoms with van der Waals surface area (Å²) in [5, 5.41) is 0.938. The lowest BCUT2D eigenvalue weighted by atomic mass is 10.2. The van der Waals surface area contributed by atoms with Crippen molar-refractivity contribution < 1.29 is 4.74 Å². The molecule has 4 heteroatoms. The smallest absolute Gasteiger partial charge is 0.130 e. The normalized spacial score (nSPS) is 10.6. The third kappa shape index (κ3) is 2.54. The molecule has 20 heavy (non-hydrogen) atoms. The number of hydrogen-bond donors (Lipinski definition) is 1. The number of benzene rings is 1. The van der Waals surface area contributed by atoms with E-state index in [4.69, 9.17) is 10.5 Å². The lowest BCUT2D eigenvalue weighted by molar-refractivity contribution is 0.324. The van der Waals surface area contributed by atoms with Gasteiger partial charge in [0.2, 0.25) is 0 Å². The van der Waals surface area contributed by atoms with Gasteiger partial charge >= 0.3 is 0 Å². The standard InChI is InChI=1S/C16H15N3O/c17-14-6-3-5-13-15(7-10-19-16(13)14)20-11-8-12-4-1-2-9-18-12/h1-7,9-10H,8,11,17H2. The highest BCUT2D eigenvalue weighted by Gasteiger charge is 2.05. The molecular formula is C16H15N3O. The molecule has 0 bridgehead atoms. The predicted octanol–water partition coefficient (Wildman–Crippen LogP) is 2.83. The van der Waals surface area contributed by atoms with Crippen molar-refractivity contribution in [3.63, 3.8) is 0 Å². The van der Waals surface area contributed by atoms with Crippen LogP contribution < -0.4 is 10.5 Å². The van der Waals surface area contributed by atoms with Gasteiger partial charge in [-0.15, -0.1) is 0 Å². The number of para-hydroxylation sites is 1. The molecule has 0 radical (unpaired) electrons. The maximum atomic E-state index is 5.92. The Bertz CT molecular complexity index is 713. The Morgan fingerprint density at radius 1 is 0.950 bits per heavy atom. The minimum Gasteiger partial charge on any atom is -0.492 e. The van der Waals surface area contributed by atoms with Crippen LogP contribution in [0.25, 0.3) is 10.9 Å². The van der Waals surface area contributed by atoms with E-state index < -0.39 is 0 Å².